The number of rotatable bonds is 5. The minimum absolute atomic E-state index is 0.173. The molecular weight excluding hydrogens is 246 g/mol. The van der Waals surface area contributed by atoms with E-state index in [0.29, 0.717) is 6.04 Å². The Balaban J connectivity index is 2.10. The third-order valence-corrected chi connectivity index (χ3v) is 4.99. The average molecular weight is 273 g/mol. The third kappa shape index (κ3) is 3.23. The number of nitriles is 1. The number of nitrogens with zero attached hydrogens (tertiary/aromatic N) is 3. The quantitative estimate of drug-likeness (QED) is 0.792. The van der Waals surface area contributed by atoms with Gasteiger partial charge in [0.15, 0.2) is 0 Å². The molecule has 0 radical (unpaired) electrons. The van der Waals surface area contributed by atoms with Gasteiger partial charge >= 0.3 is 0 Å². The van der Waals surface area contributed by atoms with Gasteiger partial charge in [0.1, 0.15) is 0 Å². The maximum absolute atomic E-state index is 9.69. The molecular formula is C17H27N3. The van der Waals surface area contributed by atoms with Crippen LogP contribution in [0.25, 0.3) is 0 Å². The zero-order valence-electron chi connectivity index (χ0n) is 13.1. The summed E-state index contributed by atoms with van der Waals surface area (Å²) < 4.78 is 2.04. The van der Waals surface area contributed by atoms with Crippen LogP contribution in [0.3, 0.4) is 0 Å². The van der Waals surface area contributed by atoms with E-state index in [2.05, 4.69) is 44.2 Å². The normalized spacial score (nSPS) is 28.0. The molecule has 1 aromatic rings. The van der Waals surface area contributed by atoms with Gasteiger partial charge in [-0.3, -0.25) is 4.68 Å². The lowest BCUT2D eigenvalue weighted by atomic mass is 9.67. The van der Waals surface area contributed by atoms with Crippen molar-refractivity contribution in [1.29, 1.82) is 5.26 Å². The fraction of sp³-hybridized carbons (Fsp3) is 0.765. The summed E-state index contributed by atoms with van der Waals surface area (Å²) in [5.74, 6) is 0.722. The SMILES string of the molecule is CCC1CCCC(C#N)(Cc2ccn(C(C)CC)n2)C1. The molecule has 3 nitrogen and oxygen atoms in total. The van der Waals surface area contributed by atoms with E-state index in [-0.39, 0.29) is 5.41 Å². The van der Waals surface area contributed by atoms with E-state index < -0.39 is 0 Å². The Morgan fingerprint density at radius 2 is 2.35 bits per heavy atom. The zero-order chi connectivity index (χ0) is 14.6. The first-order chi connectivity index (χ1) is 9.62. The summed E-state index contributed by atoms with van der Waals surface area (Å²) in [6.07, 6.45) is 9.75. The Morgan fingerprint density at radius 1 is 1.55 bits per heavy atom. The van der Waals surface area contributed by atoms with Crippen molar-refractivity contribution in [2.75, 3.05) is 0 Å². The van der Waals surface area contributed by atoms with Gasteiger partial charge in [0, 0.05) is 18.7 Å². The second kappa shape index (κ2) is 6.43. The van der Waals surface area contributed by atoms with Gasteiger partial charge in [-0.05, 0) is 38.2 Å². The molecule has 1 aliphatic rings. The predicted octanol–water partition coefficient (Wildman–Crippen LogP) is 4.51. The lowest BCUT2D eigenvalue weighted by molar-refractivity contribution is 0.192. The molecule has 0 aliphatic heterocycles. The molecule has 0 bridgehead atoms. The lowest BCUT2D eigenvalue weighted by Crippen LogP contribution is -2.29. The highest BCUT2D eigenvalue weighted by molar-refractivity contribution is 5.12. The molecule has 20 heavy (non-hydrogen) atoms. The van der Waals surface area contributed by atoms with Crippen LogP contribution >= 0.6 is 0 Å². The number of hydrogen-bond acceptors (Lipinski definition) is 2. The fourth-order valence-electron chi connectivity index (χ4n) is 3.39. The van der Waals surface area contributed by atoms with Gasteiger partial charge < -0.3 is 0 Å². The van der Waals surface area contributed by atoms with E-state index in [1.54, 1.807) is 0 Å². The predicted molar refractivity (Wildman–Crippen MR) is 81.2 cm³/mol. The molecule has 0 aromatic carbocycles. The molecule has 110 valence electrons. The molecule has 3 unspecified atom stereocenters. The Labute approximate surface area is 123 Å². The number of aromatic nitrogens is 2. The Morgan fingerprint density at radius 3 is 3.00 bits per heavy atom. The van der Waals surface area contributed by atoms with Crippen molar-refractivity contribution >= 4 is 0 Å². The highest BCUT2D eigenvalue weighted by atomic mass is 15.3. The van der Waals surface area contributed by atoms with E-state index in [1.165, 1.54) is 19.3 Å². The summed E-state index contributed by atoms with van der Waals surface area (Å²) in [6, 6.07) is 5.17. The van der Waals surface area contributed by atoms with Gasteiger partial charge in [0.25, 0.3) is 0 Å². The molecule has 1 saturated carbocycles. The van der Waals surface area contributed by atoms with Crippen molar-refractivity contribution in [3.05, 3.63) is 18.0 Å². The van der Waals surface area contributed by atoms with Gasteiger partial charge in [0.05, 0.1) is 17.2 Å². The van der Waals surface area contributed by atoms with Crippen molar-refractivity contribution < 1.29 is 0 Å². The number of hydrogen-bond donors (Lipinski definition) is 0. The first-order valence-corrected chi connectivity index (χ1v) is 8.07. The highest BCUT2D eigenvalue weighted by Crippen LogP contribution is 2.42. The van der Waals surface area contributed by atoms with Crippen LogP contribution in [0.15, 0.2) is 12.3 Å². The molecule has 3 heteroatoms. The van der Waals surface area contributed by atoms with E-state index in [9.17, 15) is 5.26 Å². The second-order valence-electron chi connectivity index (χ2n) is 6.48. The summed E-state index contributed by atoms with van der Waals surface area (Å²) in [5, 5.41) is 14.4. The first-order valence-electron chi connectivity index (χ1n) is 8.07. The minimum atomic E-state index is -0.173. The van der Waals surface area contributed by atoms with Crippen molar-refractivity contribution in [1.82, 2.24) is 9.78 Å². The largest absolute Gasteiger partial charge is 0.270 e. The molecule has 0 spiro atoms. The van der Waals surface area contributed by atoms with Crippen LogP contribution in [0, 0.1) is 22.7 Å². The minimum Gasteiger partial charge on any atom is -0.270 e. The van der Waals surface area contributed by atoms with Crippen molar-refractivity contribution in [3.8, 4) is 6.07 Å². The van der Waals surface area contributed by atoms with Crippen molar-refractivity contribution in [2.24, 2.45) is 11.3 Å². The summed E-state index contributed by atoms with van der Waals surface area (Å²) in [6.45, 7) is 6.61. The van der Waals surface area contributed by atoms with E-state index in [4.69, 9.17) is 0 Å². The Kier molecular flexibility index (Phi) is 4.86. The van der Waals surface area contributed by atoms with Gasteiger partial charge in [-0.2, -0.15) is 10.4 Å². The summed E-state index contributed by atoms with van der Waals surface area (Å²) in [4.78, 5) is 0. The Bertz CT molecular complexity index is 471. The lowest BCUT2D eigenvalue weighted by Gasteiger charge is -2.35. The highest BCUT2D eigenvalue weighted by Gasteiger charge is 2.36. The van der Waals surface area contributed by atoms with E-state index >= 15 is 0 Å². The summed E-state index contributed by atoms with van der Waals surface area (Å²) in [5.41, 5.74) is 0.914. The molecule has 3 atom stereocenters. The maximum Gasteiger partial charge on any atom is 0.0693 e. The zero-order valence-corrected chi connectivity index (χ0v) is 13.1. The standard InChI is InChI=1S/C17H27N3/c1-4-14(3)20-10-8-16(19-20)12-17(13-18)9-6-7-15(5-2)11-17/h8,10,14-15H,4-7,9,11-12H2,1-3H3. The fourth-order valence-corrected chi connectivity index (χ4v) is 3.39. The van der Waals surface area contributed by atoms with E-state index in [0.717, 1.165) is 37.3 Å². The topological polar surface area (TPSA) is 41.6 Å². The Hall–Kier alpha value is -1.30. The molecule has 0 N–H and O–H groups in total. The van der Waals surface area contributed by atoms with Crippen LogP contribution in [0.1, 0.15) is 71.0 Å². The molecule has 1 aromatic heterocycles. The summed E-state index contributed by atoms with van der Waals surface area (Å²) >= 11 is 0. The first kappa shape index (κ1) is 15.1. The maximum atomic E-state index is 9.69. The van der Waals surface area contributed by atoms with Gasteiger partial charge in [-0.15, -0.1) is 0 Å². The third-order valence-electron chi connectivity index (χ3n) is 4.99. The van der Waals surface area contributed by atoms with Crippen LogP contribution < -0.4 is 0 Å². The van der Waals surface area contributed by atoms with E-state index in [1.807, 2.05) is 4.68 Å². The molecule has 2 rings (SSSR count). The van der Waals surface area contributed by atoms with Crippen LogP contribution in [-0.4, -0.2) is 9.78 Å². The van der Waals surface area contributed by atoms with Crippen LogP contribution in [0.2, 0.25) is 0 Å². The summed E-state index contributed by atoms with van der Waals surface area (Å²) in [7, 11) is 0. The van der Waals surface area contributed by atoms with Gasteiger partial charge in [0.2, 0.25) is 0 Å². The monoisotopic (exact) mass is 273 g/mol. The smallest absolute Gasteiger partial charge is 0.0693 e. The van der Waals surface area contributed by atoms with Crippen molar-refractivity contribution in [3.63, 3.8) is 0 Å². The van der Waals surface area contributed by atoms with Crippen LogP contribution in [-0.2, 0) is 6.42 Å². The molecule has 0 amide bonds. The van der Waals surface area contributed by atoms with Gasteiger partial charge in [-0.25, -0.2) is 0 Å². The van der Waals surface area contributed by atoms with Crippen LogP contribution in [0.5, 0.6) is 0 Å². The average Bonchev–Trinajstić information content (AvgIpc) is 2.94. The molecule has 0 saturated heterocycles. The second-order valence-corrected chi connectivity index (χ2v) is 6.48. The molecule has 1 heterocycles. The molecule has 1 aliphatic carbocycles. The van der Waals surface area contributed by atoms with Crippen molar-refractivity contribution in [2.45, 2.75) is 71.8 Å². The molecule has 1 fully saturated rings. The van der Waals surface area contributed by atoms with Gasteiger partial charge in [-0.1, -0.05) is 33.1 Å². The van der Waals surface area contributed by atoms with Crippen LogP contribution in [0.4, 0.5) is 0 Å².